The van der Waals surface area contributed by atoms with Crippen molar-refractivity contribution in [3.63, 3.8) is 0 Å². The molecule has 0 unspecified atom stereocenters. The van der Waals surface area contributed by atoms with Crippen molar-refractivity contribution in [3.05, 3.63) is 24.2 Å². The number of allylic oxidation sites excluding steroid dienone is 2. The molecule has 0 amide bonds. The third-order valence-electron chi connectivity index (χ3n) is 0.796. The van der Waals surface area contributed by atoms with E-state index in [1.54, 1.807) is 12.3 Å². The van der Waals surface area contributed by atoms with E-state index in [0.717, 1.165) is 6.42 Å². The third-order valence-corrected chi connectivity index (χ3v) is 0.796. The highest BCUT2D eigenvalue weighted by Gasteiger charge is 1.88. The van der Waals surface area contributed by atoms with Crippen molar-refractivity contribution >= 4 is 0 Å². The molecular formula is C5H7NO. The molecule has 1 aliphatic heterocycles. The van der Waals surface area contributed by atoms with Crippen LogP contribution in [-0.2, 0) is 0 Å². The molecule has 0 aliphatic carbocycles. The minimum Gasteiger partial charge on any atom is -0.495 e. The van der Waals surface area contributed by atoms with Gasteiger partial charge in [0.15, 0.2) is 5.88 Å². The Balaban J connectivity index is 2.50. The van der Waals surface area contributed by atoms with Gasteiger partial charge in [-0.3, -0.25) is 0 Å². The fourth-order valence-corrected chi connectivity index (χ4v) is 0.451. The van der Waals surface area contributed by atoms with Gasteiger partial charge in [0.25, 0.3) is 0 Å². The predicted octanol–water partition coefficient (Wildman–Crippen LogP) is 0.893. The van der Waals surface area contributed by atoms with Crippen molar-refractivity contribution < 1.29 is 5.11 Å². The van der Waals surface area contributed by atoms with Crippen molar-refractivity contribution in [1.29, 1.82) is 0 Å². The molecule has 0 bridgehead atoms. The van der Waals surface area contributed by atoms with Crippen LogP contribution in [0.5, 0.6) is 0 Å². The fourth-order valence-electron chi connectivity index (χ4n) is 0.451. The molecule has 1 heterocycles. The van der Waals surface area contributed by atoms with E-state index < -0.39 is 0 Å². The van der Waals surface area contributed by atoms with Crippen LogP contribution in [-0.4, -0.2) is 5.11 Å². The minimum atomic E-state index is 0.252. The van der Waals surface area contributed by atoms with Crippen LogP contribution in [0.2, 0.25) is 0 Å². The van der Waals surface area contributed by atoms with Crippen LogP contribution in [0.25, 0.3) is 0 Å². The summed E-state index contributed by atoms with van der Waals surface area (Å²) >= 11 is 0. The number of hydrogen-bond acceptors (Lipinski definition) is 2. The van der Waals surface area contributed by atoms with Gasteiger partial charge < -0.3 is 10.4 Å². The van der Waals surface area contributed by atoms with E-state index in [1.165, 1.54) is 0 Å². The van der Waals surface area contributed by atoms with Crippen LogP contribution >= 0.6 is 0 Å². The van der Waals surface area contributed by atoms with E-state index in [9.17, 15) is 0 Å². The lowest BCUT2D eigenvalue weighted by molar-refractivity contribution is 0.378. The van der Waals surface area contributed by atoms with Crippen LogP contribution < -0.4 is 5.32 Å². The molecular weight excluding hydrogens is 90.1 g/mol. The minimum absolute atomic E-state index is 0.252. The van der Waals surface area contributed by atoms with Gasteiger partial charge >= 0.3 is 0 Å². The Kier molecular flexibility index (Phi) is 1.02. The first-order valence-corrected chi connectivity index (χ1v) is 2.20. The highest BCUT2D eigenvalue weighted by molar-refractivity contribution is 5.04. The van der Waals surface area contributed by atoms with E-state index in [-0.39, 0.29) is 5.88 Å². The van der Waals surface area contributed by atoms with Gasteiger partial charge in [0.2, 0.25) is 0 Å². The summed E-state index contributed by atoms with van der Waals surface area (Å²) in [5.41, 5.74) is 0. The molecule has 0 spiro atoms. The predicted molar refractivity (Wildman–Crippen MR) is 27.6 cm³/mol. The first-order valence-electron chi connectivity index (χ1n) is 2.20. The molecule has 0 saturated carbocycles. The van der Waals surface area contributed by atoms with Gasteiger partial charge in [0, 0.05) is 6.20 Å². The van der Waals surface area contributed by atoms with Gasteiger partial charge in [-0.15, -0.1) is 0 Å². The van der Waals surface area contributed by atoms with Gasteiger partial charge in [-0.2, -0.15) is 0 Å². The molecule has 38 valence electrons. The average Bonchev–Trinajstić information content (AvgIpc) is 1.69. The Bertz CT molecular complexity index is 115. The SMILES string of the molecule is OC1=CCC=CN1. The van der Waals surface area contributed by atoms with Crippen molar-refractivity contribution in [2.45, 2.75) is 6.42 Å². The first-order chi connectivity index (χ1) is 3.39. The zero-order valence-corrected chi connectivity index (χ0v) is 3.89. The molecule has 0 fully saturated rings. The molecule has 0 radical (unpaired) electrons. The number of rotatable bonds is 0. The van der Waals surface area contributed by atoms with Crippen LogP contribution in [0, 0.1) is 0 Å². The fraction of sp³-hybridized carbons (Fsp3) is 0.200. The molecule has 0 atom stereocenters. The summed E-state index contributed by atoms with van der Waals surface area (Å²) in [5, 5.41) is 11.2. The van der Waals surface area contributed by atoms with Crippen LogP contribution in [0.4, 0.5) is 0 Å². The standard InChI is InChI=1S/C5H7NO/c7-5-3-1-2-4-6-5/h2-4,6-7H,1H2. The summed E-state index contributed by atoms with van der Waals surface area (Å²) in [6, 6.07) is 0. The number of nitrogens with one attached hydrogen (secondary N) is 1. The van der Waals surface area contributed by atoms with E-state index >= 15 is 0 Å². The quantitative estimate of drug-likeness (QED) is 0.470. The van der Waals surface area contributed by atoms with Gasteiger partial charge in [0.05, 0.1) is 0 Å². The van der Waals surface area contributed by atoms with E-state index in [1.807, 2.05) is 6.08 Å². The van der Waals surface area contributed by atoms with E-state index in [2.05, 4.69) is 5.32 Å². The van der Waals surface area contributed by atoms with Crippen molar-refractivity contribution in [2.24, 2.45) is 0 Å². The average molecular weight is 97.1 g/mol. The highest BCUT2D eigenvalue weighted by Crippen LogP contribution is 1.94. The van der Waals surface area contributed by atoms with Crippen LogP contribution in [0.3, 0.4) is 0 Å². The molecule has 2 nitrogen and oxygen atoms in total. The smallest absolute Gasteiger partial charge is 0.184 e. The molecule has 0 aromatic rings. The highest BCUT2D eigenvalue weighted by atomic mass is 16.3. The molecule has 1 rings (SSSR count). The molecule has 0 aromatic heterocycles. The summed E-state index contributed by atoms with van der Waals surface area (Å²) < 4.78 is 0. The Morgan fingerprint density at radius 1 is 1.71 bits per heavy atom. The lowest BCUT2D eigenvalue weighted by Gasteiger charge is -2.00. The Morgan fingerprint density at radius 3 is 2.86 bits per heavy atom. The Morgan fingerprint density at radius 2 is 2.57 bits per heavy atom. The van der Waals surface area contributed by atoms with Gasteiger partial charge in [-0.05, 0) is 12.5 Å². The summed E-state index contributed by atoms with van der Waals surface area (Å²) in [5.74, 6) is 0.252. The molecule has 7 heavy (non-hydrogen) atoms. The number of dihydropyridines is 1. The van der Waals surface area contributed by atoms with Crippen LogP contribution in [0.15, 0.2) is 24.2 Å². The topological polar surface area (TPSA) is 32.3 Å². The van der Waals surface area contributed by atoms with Gasteiger partial charge in [0.1, 0.15) is 0 Å². The number of hydrogen-bond donors (Lipinski definition) is 2. The van der Waals surface area contributed by atoms with E-state index in [0.29, 0.717) is 0 Å². The Labute approximate surface area is 42.2 Å². The first kappa shape index (κ1) is 4.24. The number of aliphatic hydroxyl groups excluding tert-OH is 1. The van der Waals surface area contributed by atoms with Gasteiger partial charge in [-0.25, -0.2) is 0 Å². The summed E-state index contributed by atoms with van der Waals surface area (Å²) in [6.45, 7) is 0. The van der Waals surface area contributed by atoms with Crippen LogP contribution in [0.1, 0.15) is 6.42 Å². The summed E-state index contributed by atoms with van der Waals surface area (Å²) in [7, 11) is 0. The largest absolute Gasteiger partial charge is 0.495 e. The van der Waals surface area contributed by atoms with Gasteiger partial charge in [-0.1, -0.05) is 6.08 Å². The van der Waals surface area contributed by atoms with Crippen molar-refractivity contribution in [1.82, 2.24) is 5.32 Å². The lowest BCUT2D eigenvalue weighted by Crippen LogP contribution is -2.05. The number of aliphatic hydroxyl groups is 1. The second kappa shape index (κ2) is 1.69. The summed E-state index contributed by atoms with van der Waals surface area (Å²) in [6.07, 6.45) is 6.19. The maximum atomic E-state index is 8.61. The van der Waals surface area contributed by atoms with Crippen molar-refractivity contribution in [2.75, 3.05) is 0 Å². The third kappa shape index (κ3) is 0.961. The zero-order valence-electron chi connectivity index (χ0n) is 3.89. The molecule has 2 N–H and O–H groups in total. The normalized spacial score (nSPS) is 18.0. The second-order valence-electron chi connectivity index (χ2n) is 1.37. The monoisotopic (exact) mass is 97.1 g/mol. The summed E-state index contributed by atoms with van der Waals surface area (Å²) in [4.78, 5) is 0. The second-order valence-corrected chi connectivity index (χ2v) is 1.37. The molecule has 2 heteroatoms. The maximum absolute atomic E-state index is 8.61. The molecule has 0 saturated heterocycles. The van der Waals surface area contributed by atoms with E-state index in [4.69, 9.17) is 5.11 Å². The molecule has 1 aliphatic rings. The Hall–Kier alpha value is -0.920. The van der Waals surface area contributed by atoms with Crippen molar-refractivity contribution in [3.8, 4) is 0 Å². The molecule has 0 aromatic carbocycles. The maximum Gasteiger partial charge on any atom is 0.184 e. The zero-order chi connectivity index (χ0) is 5.11. The lowest BCUT2D eigenvalue weighted by atomic mass is 10.3.